The monoisotopic (exact) mass is 247 g/mol. The third kappa shape index (κ3) is 3.74. The maximum atomic E-state index is 9.96. The molecule has 2 heteroatoms. The average molecular weight is 247 g/mol. The normalized spacial score (nSPS) is 16.9. The van der Waals surface area contributed by atoms with Crippen LogP contribution in [0.2, 0.25) is 0 Å². The first kappa shape index (κ1) is 13.4. The van der Waals surface area contributed by atoms with Crippen LogP contribution >= 0.6 is 0 Å². The van der Waals surface area contributed by atoms with Gasteiger partial charge in [0.2, 0.25) is 0 Å². The Bertz CT molecular complexity index is 369. The molecular weight excluding hydrogens is 222 g/mol. The van der Waals surface area contributed by atoms with Crippen LogP contribution in [-0.2, 0) is 13.0 Å². The van der Waals surface area contributed by atoms with Crippen molar-refractivity contribution in [2.45, 2.75) is 52.0 Å². The van der Waals surface area contributed by atoms with E-state index >= 15 is 0 Å². The lowest BCUT2D eigenvalue weighted by molar-refractivity contribution is 0.218. The Morgan fingerprint density at radius 2 is 1.94 bits per heavy atom. The topological polar surface area (TPSA) is 23.5 Å². The minimum absolute atomic E-state index is 0.459. The van der Waals surface area contributed by atoms with Crippen LogP contribution in [0.3, 0.4) is 0 Å². The molecule has 1 aromatic carbocycles. The van der Waals surface area contributed by atoms with Gasteiger partial charge in [-0.1, -0.05) is 31.9 Å². The van der Waals surface area contributed by atoms with Gasteiger partial charge >= 0.3 is 0 Å². The van der Waals surface area contributed by atoms with Crippen LogP contribution in [0.5, 0.6) is 5.75 Å². The molecule has 0 aromatic heterocycles. The molecule has 2 rings (SSSR count). The number of aryl methyl sites for hydroxylation is 1. The maximum absolute atomic E-state index is 9.96. The zero-order valence-electron chi connectivity index (χ0n) is 11.5. The van der Waals surface area contributed by atoms with Gasteiger partial charge in [0.05, 0.1) is 0 Å². The van der Waals surface area contributed by atoms with Gasteiger partial charge in [-0.15, -0.1) is 0 Å². The highest BCUT2D eigenvalue weighted by Gasteiger charge is 2.12. The predicted molar refractivity (Wildman–Crippen MR) is 75.8 cm³/mol. The van der Waals surface area contributed by atoms with Gasteiger partial charge in [-0.2, -0.15) is 0 Å². The fraction of sp³-hybridized carbons (Fsp3) is 0.625. The number of nitrogens with zero attached hydrogens (tertiary/aromatic N) is 1. The molecule has 1 aliphatic heterocycles. The van der Waals surface area contributed by atoms with Crippen molar-refractivity contribution in [2.75, 3.05) is 13.1 Å². The summed E-state index contributed by atoms with van der Waals surface area (Å²) in [4.78, 5) is 2.46. The summed E-state index contributed by atoms with van der Waals surface area (Å²) >= 11 is 0. The third-order valence-corrected chi connectivity index (χ3v) is 3.81. The van der Waals surface area contributed by atoms with Crippen LogP contribution in [0.4, 0.5) is 0 Å². The summed E-state index contributed by atoms with van der Waals surface area (Å²) in [6.45, 7) is 5.48. The number of hydrogen-bond donors (Lipinski definition) is 1. The molecule has 0 aliphatic carbocycles. The molecular formula is C16H25NO. The number of aromatic hydroxyl groups is 1. The summed E-state index contributed by atoms with van der Waals surface area (Å²) < 4.78 is 0. The Labute approximate surface area is 111 Å². The van der Waals surface area contributed by atoms with Gasteiger partial charge in [-0.05, 0) is 50.4 Å². The molecule has 1 heterocycles. The first-order valence-electron chi connectivity index (χ1n) is 7.32. The lowest BCUT2D eigenvalue weighted by atomic mass is 10.0. The maximum Gasteiger partial charge on any atom is 0.120 e. The number of rotatable bonds is 5. The highest BCUT2D eigenvalue weighted by Crippen LogP contribution is 2.23. The van der Waals surface area contributed by atoms with E-state index in [0.29, 0.717) is 5.75 Å². The number of unbranched alkanes of at least 4 members (excludes halogenated alkanes) is 1. The van der Waals surface area contributed by atoms with E-state index in [4.69, 9.17) is 0 Å². The van der Waals surface area contributed by atoms with Crippen LogP contribution < -0.4 is 0 Å². The second kappa shape index (κ2) is 6.79. The van der Waals surface area contributed by atoms with E-state index in [0.717, 1.165) is 18.5 Å². The SMILES string of the molecule is CCCCc1ccc(O)c(CN2CCCCC2)c1. The van der Waals surface area contributed by atoms with Crippen molar-refractivity contribution in [3.05, 3.63) is 29.3 Å². The van der Waals surface area contributed by atoms with Crippen molar-refractivity contribution in [3.8, 4) is 5.75 Å². The molecule has 0 atom stereocenters. The number of benzene rings is 1. The minimum Gasteiger partial charge on any atom is -0.508 e. The molecule has 100 valence electrons. The summed E-state index contributed by atoms with van der Waals surface area (Å²) in [7, 11) is 0. The smallest absolute Gasteiger partial charge is 0.120 e. The predicted octanol–water partition coefficient (Wildman–Crippen LogP) is 3.72. The van der Waals surface area contributed by atoms with E-state index in [1.54, 1.807) is 0 Å². The Morgan fingerprint density at radius 3 is 2.67 bits per heavy atom. The second-order valence-electron chi connectivity index (χ2n) is 5.40. The van der Waals surface area contributed by atoms with Crippen molar-refractivity contribution in [1.29, 1.82) is 0 Å². The Balaban J connectivity index is 2.00. The van der Waals surface area contributed by atoms with Gasteiger partial charge in [0.15, 0.2) is 0 Å². The van der Waals surface area contributed by atoms with E-state index < -0.39 is 0 Å². The fourth-order valence-corrected chi connectivity index (χ4v) is 2.66. The minimum atomic E-state index is 0.459. The standard InChI is InChI=1S/C16H25NO/c1-2-3-7-14-8-9-16(18)15(12-14)13-17-10-5-4-6-11-17/h8-9,12,18H,2-7,10-11,13H2,1H3. The van der Waals surface area contributed by atoms with Crippen molar-refractivity contribution >= 4 is 0 Å². The van der Waals surface area contributed by atoms with Crippen LogP contribution in [-0.4, -0.2) is 23.1 Å². The van der Waals surface area contributed by atoms with Gasteiger partial charge in [-0.3, -0.25) is 4.90 Å². The molecule has 18 heavy (non-hydrogen) atoms. The third-order valence-electron chi connectivity index (χ3n) is 3.81. The quantitative estimate of drug-likeness (QED) is 0.857. The summed E-state index contributed by atoms with van der Waals surface area (Å²) in [5, 5.41) is 9.96. The van der Waals surface area contributed by atoms with Crippen molar-refractivity contribution < 1.29 is 5.11 Å². The van der Waals surface area contributed by atoms with Crippen molar-refractivity contribution in [2.24, 2.45) is 0 Å². The van der Waals surface area contributed by atoms with Gasteiger partial charge in [0.1, 0.15) is 5.75 Å². The zero-order valence-corrected chi connectivity index (χ0v) is 11.5. The Hall–Kier alpha value is -1.02. The van der Waals surface area contributed by atoms with Gasteiger partial charge in [0.25, 0.3) is 0 Å². The number of piperidine rings is 1. The van der Waals surface area contributed by atoms with Crippen LogP contribution in [0, 0.1) is 0 Å². The van der Waals surface area contributed by atoms with Crippen molar-refractivity contribution in [1.82, 2.24) is 4.90 Å². The van der Waals surface area contributed by atoms with Crippen LogP contribution in [0.15, 0.2) is 18.2 Å². The van der Waals surface area contributed by atoms with Crippen molar-refractivity contribution in [3.63, 3.8) is 0 Å². The molecule has 1 fully saturated rings. The number of likely N-dealkylation sites (tertiary alicyclic amines) is 1. The number of hydrogen-bond acceptors (Lipinski definition) is 2. The molecule has 0 unspecified atom stereocenters. The summed E-state index contributed by atoms with van der Waals surface area (Å²) in [6.07, 6.45) is 7.55. The number of phenols is 1. The molecule has 1 aromatic rings. The lowest BCUT2D eigenvalue weighted by Crippen LogP contribution is -2.29. The van der Waals surface area contributed by atoms with Gasteiger partial charge in [-0.25, -0.2) is 0 Å². The molecule has 0 radical (unpaired) electrons. The molecule has 1 saturated heterocycles. The molecule has 1 N–H and O–H groups in total. The van der Waals surface area contributed by atoms with E-state index in [1.165, 1.54) is 50.8 Å². The van der Waals surface area contributed by atoms with Crippen LogP contribution in [0.25, 0.3) is 0 Å². The molecule has 0 spiro atoms. The highest BCUT2D eigenvalue weighted by molar-refractivity contribution is 5.36. The van der Waals surface area contributed by atoms with E-state index in [2.05, 4.69) is 24.0 Å². The largest absolute Gasteiger partial charge is 0.508 e. The van der Waals surface area contributed by atoms with E-state index in [1.807, 2.05) is 6.07 Å². The van der Waals surface area contributed by atoms with E-state index in [-0.39, 0.29) is 0 Å². The Morgan fingerprint density at radius 1 is 1.17 bits per heavy atom. The molecule has 0 saturated carbocycles. The average Bonchev–Trinajstić information content (AvgIpc) is 2.41. The second-order valence-corrected chi connectivity index (χ2v) is 5.40. The van der Waals surface area contributed by atoms with Gasteiger partial charge < -0.3 is 5.11 Å². The number of phenolic OH excluding ortho intramolecular Hbond substituents is 1. The first-order chi connectivity index (χ1) is 8.79. The fourth-order valence-electron chi connectivity index (χ4n) is 2.66. The molecule has 0 amide bonds. The molecule has 0 bridgehead atoms. The Kier molecular flexibility index (Phi) is 5.06. The molecule has 1 aliphatic rings. The zero-order chi connectivity index (χ0) is 12.8. The van der Waals surface area contributed by atoms with Gasteiger partial charge in [0, 0.05) is 12.1 Å². The summed E-state index contributed by atoms with van der Waals surface area (Å²) in [5.74, 6) is 0.459. The van der Waals surface area contributed by atoms with E-state index in [9.17, 15) is 5.11 Å². The van der Waals surface area contributed by atoms with Crippen LogP contribution in [0.1, 0.15) is 50.2 Å². The highest BCUT2D eigenvalue weighted by atomic mass is 16.3. The summed E-state index contributed by atoms with van der Waals surface area (Å²) in [6, 6.07) is 6.12. The first-order valence-corrected chi connectivity index (χ1v) is 7.32. The lowest BCUT2D eigenvalue weighted by Gasteiger charge is -2.26. The summed E-state index contributed by atoms with van der Waals surface area (Å²) in [5.41, 5.74) is 2.46. The molecule has 2 nitrogen and oxygen atoms in total.